The molecule has 0 spiro atoms. The number of hydrogen-bond donors (Lipinski definition) is 2. The van der Waals surface area contributed by atoms with Gasteiger partial charge < -0.3 is 14.6 Å². The second-order valence-corrected chi connectivity index (χ2v) is 8.72. The lowest BCUT2D eigenvalue weighted by Gasteiger charge is -2.15. The summed E-state index contributed by atoms with van der Waals surface area (Å²) in [5.74, 6) is 0.241. The smallest absolute Gasteiger partial charge is 0.251 e. The van der Waals surface area contributed by atoms with Crippen molar-refractivity contribution in [3.8, 4) is 11.4 Å². The molecule has 0 saturated carbocycles. The Morgan fingerprint density at radius 2 is 1.97 bits per heavy atom. The summed E-state index contributed by atoms with van der Waals surface area (Å²) in [4.78, 5) is 16.9. The number of carbonyl (C=O) groups excluding carboxylic acids is 1. The van der Waals surface area contributed by atoms with Gasteiger partial charge in [0.1, 0.15) is 5.75 Å². The molecule has 30 heavy (non-hydrogen) atoms. The van der Waals surface area contributed by atoms with Crippen LogP contribution in [0.25, 0.3) is 5.69 Å². The third kappa shape index (κ3) is 4.98. The lowest BCUT2D eigenvalue weighted by atomic mass is 10.1. The fourth-order valence-electron chi connectivity index (χ4n) is 3.09. The van der Waals surface area contributed by atoms with Crippen LogP contribution in [0.3, 0.4) is 0 Å². The lowest BCUT2D eigenvalue weighted by molar-refractivity contribution is 0.0950. The lowest BCUT2D eigenvalue weighted by Crippen LogP contribution is -2.24. The van der Waals surface area contributed by atoms with Crippen molar-refractivity contribution in [3.05, 3.63) is 71.3 Å². The van der Waals surface area contributed by atoms with Crippen molar-refractivity contribution in [3.63, 3.8) is 0 Å². The Labute approximate surface area is 176 Å². The van der Waals surface area contributed by atoms with Gasteiger partial charge in [-0.15, -0.1) is 0 Å². The Morgan fingerprint density at radius 1 is 1.20 bits per heavy atom. The van der Waals surface area contributed by atoms with Gasteiger partial charge in [-0.3, -0.25) is 9.52 Å². The second kappa shape index (κ2) is 8.58. The molecule has 0 unspecified atom stereocenters. The number of nitrogens with zero attached hydrogens (tertiary/aromatic N) is 2. The van der Waals surface area contributed by atoms with Crippen LogP contribution < -0.4 is 14.8 Å². The van der Waals surface area contributed by atoms with Gasteiger partial charge in [0.15, 0.2) is 0 Å². The van der Waals surface area contributed by atoms with Crippen LogP contribution in [0.5, 0.6) is 5.75 Å². The molecular formula is C21H24N4O4S. The molecule has 3 rings (SSSR count). The molecule has 1 aromatic heterocycles. The summed E-state index contributed by atoms with van der Waals surface area (Å²) < 4.78 is 33.0. The van der Waals surface area contributed by atoms with E-state index in [4.69, 9.17) is 4.74 Å². The van der Waals surface area contributed by atoms with E-state index in [2.05, 4.69) is 15.0 Å². The molecule has 0 fully saturated rings. The molecule has 0 atom stereocenters. The van der Waals surface area contributed by atoms with E-state index in [-0.39, 0.29) is 12.5 Å². The number of sulfonamides is 1. The maximum atomic E-state index is 12.7. The topological polar surface area (TPSA) is 102 Å². The van der Waals surface area contributed by atoms with Gasteiger partial charge in [0.25, 0.3) is 5.91 Å². The molecule has 2 N–H and O–H groups in total. The molecule has 0 bridgehead atoms. The van der Waals surface area contributed by atoms with E-state index >= 15 is 0 Å². The number of rotatable bonds is 7. The number of aromatic nitrogens is 2. The number of benzene rings is 2. The van der Waals surface area contributed by atoms with E-state index in [0.29, 0.717) is 22.6 Å². The maximum Gasteiger partial charge on any atom is 0.251 e. The normalized spacial score (nSPS) is 11.2. The van der Waals surface area contributed by atoms with Crippen LogP contribution in [-0.2, 0) is 16.6 Å². The summed E-state index contributed by atoms with van der Waals surface area (Å²) in [7, 11) is -1.89. The number of hydrogen-bond acceptors (Lipinski definition) is 5. The average Bonchev–Trinajstić information content (AvgIpc) is 3.11. The number of nitrogens with one attached hydrogen (secondary N) is 2. The molecule has 1 heterocycles. The first kappa shape index (κ1) is 21.4. The van der Waals surface area contributed by atoms with E-state index in [1.165, 1.54) is 0 Å². The van der Waals surface area contributed by atoms with Gasteiger partial charge in [-0.25, -0.2) is 13.4 Å². The van der Waals surface area contributed by atoms with Gasteiger partial charge in [-0.1, -0.05) is 12.1 Å². The molecule has 0 radical (unpaired) electrons. The van der Waals surface area contributed by atoms with E-state index in [1.54, 1.807) is 43.8 Å². The number of ether oxygens (including phenoxy) is 1. The first-order valence-electron chi connectivity index (χ1n) is 9.21. The van der Waals surface area contributed by atoms with Crippen molar-refractivity contribution >= 4 is 21.6 Å². The van der Waals surface area contributed by atoms with Crippen LogP contribution in [0, 0.1) is 13.8 Å². The summed E-state index contributed by atoms with van der Waals surface area (Å²) in [6.07, 6.45) is 4.64. The van der Waals surface area contributed by atoms with Crippen molar-refractivity contribution in [1.82, 2.24) is 14.9 Å². The minimum absolute atomic E-state index is 0.175. The molecule has 3 aromatic rings. The fraction of sp³-hybridized carbons (Fsp3) is 0.238. The van der Waals surface area contributed by atoms with Crippen LogP contribution in [0.4, 0.5) is 5.69 Å². The summed E-state index contributed by atoms with van der Waals surface area (Å²) in [5, 5.41) is 2.85. The second-order valence-electron chi connectivity index (χ2n) is 6.97. The first-order valence-corrected chi connectivity index (χ1v) is 11.1. The van der Waals surface area contributed by atoms with Crippen molar-refractivity contribution in [2.24, 2.45) is 0 Å². The minimum atomic E-state index is -3.43. The van der Waals surface area contributed by atoms with Crippen LogP contribution in [0.2, 0.25) is 0 Å². The number of carbonyl (C=O) groups is 1. The predicted molar refractivity (Wildman–Crippen MR) is 116 cm³/mol. The van der Waals surface area contributed by atoms with E-state index in [1.807, 2.05) is 30.7 Å². The number of amides is 1. The maximum absolute atomic E-state index is 12.7. The third-order valence-corrected chi connectivity index (χ3v) is 5.15. The zero-order valence-electron chi connectivity index (χ0n) is 17.3. The Kier molecular flexibility index (Phi) is 6.12. The monoisotopic (exact) mass is 428 g/mol. The number of aryl methyl sites for hydroxylation is 2. The number of methoxy groups -OCH3 is 1. The molecule has 1 amide bonds. The number of imidazole rings is 1. The van der Waals surface area contributed by atoms with E-state index in [9.17, 15) is 13.2 Å². The van der Waals surface area contributed by atoms with Gasteiger partial charge in [0.2, 0.25) is 10.0 Å². The van der Waals surface area contributed by atoms with Gasteiger partial charge in [0.05, 0.1) is 36.8 Å². The van der Waals surface area contributed by atoms with E-state index < -0.39 is 10.0 Å². The molecule has 2 aromatic carbocycles. The Hall–Kier alpha value is -3.33. The van der Waals surface area contributed by atoms with Gasteiger partial charge >= 0.3 is 0 Å². The largest absolute Gasteiger partial charge is 0.495 e. The highest BCUT2D eigenvalue weighted by Gasteiger charge is 2.14. The summed E-state index contributed by atoms with van der Waals surface area (Å²) in [6.45, 7) is 3.93. The predicted octanol–water partition coefficient (Wildman–Crippen LogP) is 2.80. The quantitative estimate of drug-likeness (QED) is 0.602. The van der Waals surface area contributed by atoms with Gasteiger partial charge in [-0.2, -0.15) is 0 Å². The highest BCUT2D eigenvalue weighted by molar-refractivity contribution is 7.92. The Balaban J connectivity index is 1.81. The molecule has 9 heteroatoms. The summed E-state index contributed by atoms with van der Waals surface area (Å²) in [5.41, 5.74) is 4.09. The van der Waals surface area contributed by atoms with Crippen LogP contribution in [0.15, 0.2) is 48.9 Å². The average molecular weight is 429 g/mol. The zero-order valence-corrected chi connectivity index (χ0v) is 18.1. The number of anilines is 1. The highest BCUT2D eigenvalue weighted by Crippen LogP contribution is 2.25. The Morgan fingerprint density at radius 3 is 2.60 bits per heavy atom. The van der Waals surface area contributed by atoms with Crippen LogP contribution in [-0.4, -0.2) is 37.2 Å². The molecule has 8 nitrogen and oxygen atoms in total. The van der Waals surface area contributed by atoms with Crippen molar-refractivity contribution < 1.29 is 17.9 Å². The zero-order chi connectivity index (χ0) is 21.9. The minimum Gasteiger partial charge on any atom is -0.495 e. The molecule has 0 aliphatic heterocycles. The van der Waals surface area contributed by atoms with Crippen LogP contribution >= 0.6 is 0 Å². The van der Waals surface area contributed by atoms with Crippen LogP contribution in [0.1, 0.15) is 27.2 Å². The SMILES string of the molecule is COc1cc(C(=O)NCc2c(C)cccc2NS(C)(=O)=O)ccc1-n1cnc(C)c1. The van der Waals surface area contributed by atoms with Gasteiger partial charge in [-0.05, 0) is 49.2 Å². The highest BCUT2D eigenvalue weighted by atomic mass is 32.2. The molecule has 0 aliphatic carbocycles. The van der Waals surface area contributed by atoms with E-state index in [0.717, 1.165) is 23.2 Å². The van der Waals surface area contributed by atoms with Crippen molar-refractivity contribution in [2.75, 3.05) is 18.1 Å². The molecular weight excluding hydrogens is 404 g/mol. The van der Waals surface area contributed by atoms with Crippen molar-refractivity contribution in [1.29, 1.82) is 0 Å². The summed E-state index contributed by atoms with van der Waals surface area (Å²) in [6, 6.07) is 10.4. The molecule has 0 aliphatic rings. The molecule has 158 valence electrons. The van der Waals surface area contributed by atoms with Gasteiger partial charge in [0, 0.05) is 18.3 Å². The standard InChI is InChI=1S/C21H24N4O4S/c1-14-6-5-7-18(24-30(4,27)28)17(14)11-22-21(26)16-8-9-19(20(10-16)29-3)25-12-15(2)23-13-25/h5-10,12-13,24H,11H2,1-4H3,(H,22,26). The first-order chi connectivity index (χ1) is 14.2. The molecule has 0 saturated heterocycles. The van der Waals surface area contributed by atoms with Crippen molar-refractivity contribution in [2.45, 2.75) is 20.4 Å². The third-order valence-electron chi connectivity index (χ3n) is 4.56. The Bertz CT molecular complexity index is 1190. The summed E-state index contributed by atoms with van der Waals surface area (Å²) >= 11 is 0. The fourth-order valence-corrected chi connectivity index (χ4v) is 3.68.